The van der Waals surface area contributed by atoms with Crippen molar-refractivity contribution in [3.63, 3.8) is 0 Å². The molecule has 0 bridgehead atoms. The minimum atomic E-state index is -4.58. The molecule has 13 heteroatoms. The van der Waals surface area contributed by atoms with Gasteiger partial charge in [-0.05, 0) is 36.8 Å². The van der Waals surface area contributed by atoms with E-state index in [0.717, 1.165) is 12.1 Å². The second-order valence-corrected chi connectivity index (χ2v) is 6.67. The Morgan fingerprint density at radius 1 is 1.03 bits per heavy atom. The molecule has 176 valence electrons. The Hall–Kier alpha value is -4.16. The molecular formula is C20H19F3N4O6. The molecule has 5 N–H and O–H groups in total. The second-order valence-electron chi connectivity index (χ2n) is 6.67. The summed E-state index contributed by atoms with van der Waals surface area (Å²) in [5.74, 6) is -4.49. The Labute approximate surface area is 184 Å². The molecule has 1 atom stereocenters. The lowest BCUT2D eigenvalue weighted by atomic mass is 10.1. The van der Waals surface area contributed by atoms with Crippen LogP contribution in [0, 0.1) is 0 Å². The number of rotatable bonds is 10. The van der Waals surface area contributed by atoms with Gasteiger partial charge >= 0.3 is 18.1 Å². The van der Waals surface area contributed by atoms with Gasteiger partial charge in [-0.15, -0.1) is 0 Å². The van der Waals surface area contributed by atoms with Crippen LogP contribution in [-0.4, -0.2) is 51.5 Å². The predicted octanol–water partition coefficient (Wildman–Crippen LogP) is 2.01. The standard InChI is InChI=1S/C20H19F3N4O6/c21-20(22,23)11-3-1-4-12(9-11)26-17-13(5-2-8-24-17)18(32)27-14(6-7-15(28)29)19(33)25-10-16(30)31/h1-5,8-9,14H,6-7,10H2,(H,24,26)(H,25,33)(H,27,32)(H,28,29)(H,30,31). The maximum Gasteiger partial charge on any atom is 0.416 e. The molecule has 0 fully saturated rings. The number of anilines is 2. The number of hydrogen-bond acceptors (Lipinski definition) is 6. The molecule has 0 saturated carbocycles. The molecule has 0 spiro atoms. The van der Waals surface area contributed by atoms with Crippen molar-refractivity contribution in [2.75, 3.05) is 11.9 Å². The highest BCUT2D eigenvalue weighted by molar-refractivity contribution is 6.01. The maximum absolute atomic E-state index is 13.0. The molecule has 1 unspecified atom stereocenters. The average Bonchev–Trinajstić information content (AvgIpc) is 2.74. The number of aliphatic carboxylic acids is 2. The molecular weight excluding hydrogens is 449 g/mol. The van der Waals surface area contributed by atoms with Crippen LogP contribution in [0.5, 0.6) is 0 Å². The number of aromatic nitrogens is 1. The summed E-state index contributed by atoms with van der Waals surface area (Å²) in [5.41, 5.74) is -1.06. The summed E-state index contributed by atoms with van der Waals surface area (Å²) in [6.45, 7) is -0.743. The molecule has 0 aliphatic rings. The first-order chi connectivity index (χ1) is 15.5. The second kappa shape index (κ2) is 10.9. The van der Waals surface area contributed by atoms with Gasteiger partial charge < -0.3 is 26.2 Å². The summed E-state index contributed by atoms with van der Waals surface area (Å²) in [6.07, 6.45) is -4.12. The van der Waals surface area contributed by atoms with E-state index in [4.69, 9.17) is 10.2 Å². The zero-order chi connectivity index (χ0) is 24.6. The number of carboxylic acid groups (broad SMARTS) is 2. The smallest absolute Gasteiger partial charge is 0.416 e. The fraction of sp³-hybridized carbons (Fsp3) is 0.250. The van der Waals surface area contributed by atoms with Crippen LogP contribution in [0.25, 0.3) is 0 Å². The quantitative estimate of drug-likeness (QED) is 0.354. The SMILES string of the molecule is O=C(O)CCC(NC(=O)c1cccnc1Nc1cccc(C(F)(F)F)c1)C(=O)NCC(=O)O. The summed E-state index contributed by atoms with van der Waals surface area (Å²) in [6, 6.07) is 5.49. The van der Waals surface area contributed by atoms with Crippen LogP contribution < -0.4 is 16.0 Å². The predicted molar refractivity (Wildman–Crippen MR) is 108 cm³/mol. The summed E-state index contributed by atoms with van der Waals surface area (Å²) in [4.78, 5) is 50.4. The monoisotopic (exact) mass is 468 g/mol. The Kier molecular flexibility index (Phi) is 8.31. The zero-order valence-corrected chi connectivity index (χ0v) is 16.8. The number of halogens is 3. The molecule has 1 aromatic carbocycles. The molecule has 2 rings (SSSR count). The maximum atomic E-state index is 13.0. The van der Waals surface area contributed by atoms with Crippen LogP contribution in [0.15, 0.2) is 42.6 Å². The van der Waals surface area contributed by atoms with Gasteiger partial charge in [0.05, 0.1) is 11.1 Å². The van der Waals surface area contributed by atoms with Gasteiger partial charge in [-0.25, -0.2) is 4.98 Å². The molecule has 2 amide bonds. The number of amides is 2. The van der Waals surface area contributed by atoms with E-state index < -0.39 is 54.5 Å². The molecule has 0 radical (unpaired) electrons. The third-order valence-corrected chi connectivity index (χ3v) is 4.19. The number of hydrogen-bond donors (Lipinski definition) is 5. The fourth-order valence-corrected chi connectivity index (χ4v) is 2.66. The van der Waals surface area contributed by atoms with Gasteiger partial charge in [-0.1, -0.05) is 6.07 Å². The highest BCUT2D eigenvalue weighted by atomic mass is 19.4. The van der Waals surface area contributed by atoms with E-state index in [9.17, 15) is 32.3 Å². The first-order valence-corrected chi connectivity index (χ1v) is 9.39. The Bertz CT molecular complexity index is 1040. The van der Waals surface area contributed by atoms with Crippen molar-refractivity contribution >= 4 is 35.3 Å². The van der Waals surface area contributed by atoms with Crippen LogP contribution in [-0.2, 0) is 20.6 Å². The van der Waals surface area contributed by atoms with Crippen molar-refractivity contribution in [3.05, 3.63) is 53.7 Å². The first kappa shape index (κ1) is 25.1. The number of carbonyl (C=O) groups is 4. The molecule has 0 aliphatic heterocycles. The van der Waals surface area contributed by atoms with E-state index in [2.05, 4.69) is 20.9 Å². The minimum Gasteiger partial charge on any atom is -0.481 e. The minimum absolute atomic E-state index is 0.000738. The van der Waals surface area contributed by atoms with Gasteiger partial charge in [0.25, 0.3) is 5.91 Å². The Balaban J connectivity index is 2.23. The highest BCUT2D eigenvalue weighted by Gasteiger charge is 2.30. The van der Waals surface area contributed by atoms with Crippen LogP contribution >= 0.6 is 0 Å². The van der Waals surface area contributed by atoms with Gasteiger partial charge in [-0.3, -0.25) is 19.2 Å². The van der Waals surface area contributed by atoms with E-state index in [-0.39, 0.29) is 23.5 Å². The van der Waals surface area contributed by atoms with Crippen LogP contribution in [0.1, 0.15) is 28.8 Å². The van der Waals surface area contributed by atoms with Crippen molar-refractivity contribution in [2.24, 2.45) is 0 Å². The molecule has 10 nitrogen and oxygen atoms in total. The molecule has 1 aromatic heterocycles. The van der Waals surface area contributed by atoms with E-state index >= 15 is 0 Å². The number of alkyl halides is 3. The molecule has 33 heavy (non-hydrogen) atoms. The van der Waals surface area contributed by atoms with E-state index in [1.54, 1.807) is 0 Å². The first-order valence-electron chi connectivity index (χ1n) is 9.39. The molecule has 1 heterocycles. The van der Waals surface area contributed by atoms with Crippen molar-refractivity contribution in [2.45, 2.75) is 25.1 Å². The number of pyridine rings is 1. The van der Waals surface area contributed by atoms with Gasteiger partial charge in [-0.2, -0.15) is 13.2 Å². The highest BCUT2D eigenvalue weighted by Crippen LogP contribution is 2.31. The lowest BCUT2D eigenvalue weighted by Crippen LogP contribution is -2.48. The molecule has 2 aromatic rings. The van der Waals surface area contributed by atoms with Crippen molar-refractivity contribution < 1.29 is 42.6 Å². The van der Waals surface area contributed by atoms with Crippen molar-refractivity contribution in [3.8, 4) is 0 Å². The Morgan fingerprint density at radius 2 is 1.76 bits per heavy atom. The summed E-state index contributed by atoms with van der Waals surface area (Å²) in [5, 5.41) is 24.5. The van der Waals surface area contributed by atoms with Crippen molar-refractivity contribution in [1.29, 1.82) is 0 Å². The largest absolute Gasteiger partial charge is 0.481 e. The van der Waals surface area contributed by atoms with E-state index in [0.29, 0.717) is 0 Å². The van der Waals surface area contributed by atoms with Gasteiger partial charge in [0.1, 0.15) is 18.4 Å². The van der Waals surface area contributed by atoms with Gasteiger partial charge in [0.2, 0.25) is 5.91 Å². The van der Waals surface area contributed by atoms with E-state index in [1.807, 2.05) is 0 Å². The lowest BCUT2D eigenvalue weighted by molar-refractivity contribution is -0.139. The van der Waals surface area contributed by atoms with Crippen LogP contribution in [0.3, 0.4) is 0 Å². The topological polar surface area (TPSA) is 158 Å². The number of benzene rings is 1. The van der Waals surface area contributed by atoms with Crippen LogP contribution in [0.4, 0.5) is 24.7 Å². The van der Waals surface area contributed by atoms with E-state index in [1.165, 1.54) is 30.5 Å². The molecule has 0 aliphatic carbocycles. The van der Waals surface area contributed by atoms with Gasteiger partial charge in [0.15, 0.2) is 0 Å². The van der Waals surface area contributed by atoms with Crippen LogP contribution in [0.2, 0.25) is 0 Å². The summed E-state index contributed by atoms with van der Waals surface area (Å²) >= 11 is 0. The Morgan fingerprint density at radius 3 is 2.39 bits per heavy atom. The number of nitrogens with one attached hydrogen (secondary N) is 3. The van der Waals surface area contributed by atoms with Crippen molar-refractivity contribution in [1.82, 2.24) is 15.6 Å². The third-order valence-electron chi connectivity index (χ3n) is 4.19. The summed E-state index contributed by atoms with van der Waals surface area (Å²) < 4.78 is 38.9. The fourth-order valence-electron chi connectivity index (χ4n) is 2.66. The number of carboxylic acids is 2. The molecule has 0 saturated heterocycles. The third kappa shape index (κ3) is 7.79. The summed E-state index contributed by atoms with van der Waals surface area (Å²) in [7, 11) is 0. The normalized spacial score (nSPS) is 11.8. The number of nitrogens with zero attached hydrogens (tertiary/aromatic N) is 1. The number of carbonyl (C=O) groups excluding carboxylic acids is 2. The lowest BCUT2D eigenvalue weighted by Gasteiger charge is -2.18. The zero-order valence-electron chi connectivity index (χ0n) is 16.8. The van der Waals surface area contributed by atoms with Gasteiger partial charge in [0, 0.05) is 18.3 Å². The average molecular weight is 468 g/mol.